The van der Waals surface area contributed by atoms with E-state index < -0.39 is 0 Å². The van der Waals surface area contributed by atoms with Crippen LogP contribution in [-0.4, -0.2) is 15.9 Å². The van der Waals surface area contributed by atoms with Crippen LogP contribution in [0.4, 0.5) is 0 Å². The van der Waals surface area contributed by atoms with Crippen molar-refractivity contribution < 1.29 is 0 Å². The van der Waals surface area contributed by atoms with Crippen molar-refractivity contribution in [2.24, 2.45) is 0 Å². The van der Waals surface area contributed by atoms with Gasteiger partial charge in [-0.1, -0.05) is 59.7 Å². The zero-order valence-electron chi connectivity index (χ0n) is 15.2. The Morgan fingerprint density at radius 3 is 2.69 bits per heavy atom. The first-order valence-electron chi connectivity index (χ1n) is 8.98. The zero-order valence-corrected chi connectivity index (χ0v) is 16.0. The number of hydrogen-bond acceptors (Lipinski definition) is 3. The highest BCUT2D eigenvalue weighted by atomic mass is 32.1. The molecule has 0 unspecified atom stereocenters. The van der Waals surface area contributed by atoms with Crippen molar-refractivity contribution in [3.8, 4) is 11.3 Å². The molecule has 4 rings (SSSR count). The molecule has 0 bridgehead atoms. The van der Waals surface area contributed by atoms with Crippen LogP contribution in [0.25, 0.3) is 16.2 Å². The van der Waals surface area contributed by atoms with E-state index in [-0.39, 0.29) is 0 Å². The first kappa shape index (κ1) is 17.0. The maximum absolute atomic E-state index is 4.86. The molecule has 0 saturated carbocycles. The minimum absolute atomic E-state index is 0.812. The fraction of sp³-hybridized carbons (Fsp3) is 0.227. The molecule has 0 aliphatic heterocycles. The summed E-state index contributed by atoms with van der Waals surface area (Å²) in [5.74, 6) is 0. The number of hydrogen-bond donors (Lipinski definition) is 1. The second-order valence-corrected chi connectivity index (χ2v) is 7.62. The maximum atomic E-state index is 4.86. The summed E-state index contributed by atoms with van der Waals surface area (Å²) in [4.78, 5) is 5.91. The van der Waals surface area contributed by atoms with E-state index >= 15 is 0 Å². The first-order chi connectivity index (χ1) is 12.7. The molecule has 3 nitrogen and oxygen atoms in total. The second-order valence-electron chi connectivity index (χ2n) is 6.74. The standard InChI is InChI=1S/C22H23N3S/c1-16-6-8-19(9-7-16)21-20(25-12-13-26-22(25)24-21)15-23-11-10-18-5-3-4-17(2)14-18/h3-9,12-14,23H,10-11,15H2,1-2H3. The quantitative estimate of drug-likeness (QED) is 0.489. The summed E-state index contributed by atoms with van der Waals surface area (Å²) in [6.45, 7) is 6.02. The molecule has 0 fully saturated rings. The van der Waals surface area contributed by atoms with Gasteiger partial charge in [-0.25, -0.2) is 4.98 Å². The predicted molar refractivity (Wildman–Crippen MR) is 110 cm³/mol. The SMILES string of the molecule is Cc1ccc(-c2nc3sccn3c2CNCCc2cccc(C)c2)cc1. The number of rotatable bonds is 6. The lowest BCUT2D eigenvalue weighted by molar-refractivity contribution is 0.672. The molecule has 0 radical (unpaired) electrons. The molecular weight excluding hydrogens is 338 g/mol. The van der Waals surface area contributed by atoms with Gasteiger partial charge in [0.1, 0.15) is 0 Å². The normalized spacial score (nSPS) is 11.3. The zero-order chi connectivity index (χ0) is 17.9. The number of fused-ring (bicyclic) bond motifs is 1. The lowest BCUT2D eigenvalue weighted by Gasteiger charge is -2.08. The molecule has 4 heteroatoms. The molecule has 1 N–H and O–H groups in total. The van der Waals surface area contributed by atoms with Crippen molar-refractivity contribution in [3.05, 3.63) is 82.5 Å². The van der Waals surface area contributed by atoms with E-state index in [9.17, 15) is 0 Å². The van der Waals surface area contributed by atoms with Gasteiger partial charge in [-0.2, -0.15) is 0 Å². The van der Waals surface area contributed by atoms with Crippen molar-refractivity contribution in [1.29, 1.82) is 0 Å². The smallest absolute Gasteiger partial charge is 0.194 e. The van der Waals surface area contributed by atoms with Gasteiger partial charge in [-0.15, -0.1) is 11.3 Å². The van der Waals surface area contributed by atoms with Gasteiger partial charge in [0.25, 0.3) is 0 Å². The Morgan fingerprint density at radius 1 is 1.04 bits per heavy atom. The Hall–Kier alpha value is -2.43. The predicted octanol–water partition coefficient (Wildman–Crippen LogP) is 5.01. The van der Waals surface area contributed by atoms with Crippen molar-refractivity contribution >= 4 is 16.3 Å². The van der Waals surface area contributed by atoms with Crippen LogP contribution in [0, 0.1) is 13.8 Å². The number of aromatic nitrogens is 2. The average Bonchev–Trinajstić information content (AvgIpc) is 3.21. The van der Waals surface area contributed by atoms with Crippen LogP contribution < -0.4 is 5.32 Å². The minimum atomic E-state index is 0.812. The molecule has 26 heavy (non-hydrogen) atoms. The van der Waals surface area contributed by atoms with Gasteiger partial charge in [0.15, 0.2) is 4.96 Å². The molecule has 0 aliphatic rings. The second kappa shape index (κ2) is 7.44. The van der Waals surface area contributed by atoms with Crippen LogP contribution in [-0.2, 0) is 13.0 Å². The maximum Gasteiger partial charge on any atom is 0.194 e. The highest BCUT2D eigenvalue weighted by molar-refractivity contribution is 7.15. The van der Waals surface area contributed by atoms with Gasteiger partial charge in [0, 0.05) is 23.7 Å². The van der Waals surface area contributed by atoms with Crippen LogP contribution in [0.5, 0.6) is 0 Å². The van der Waals surface area contributed by atoms with Gasteiger partial charge in [-0.3, -0.25) is 4.40 Å². The van der Waals surface area contributed by atoms with E-state index in [2.05, 4.69) is 83.7 Å². The van der Waals surface area contributed by atoms with Gasteiger partial charge in [0.2, 0.25) is 0 Å². The Balaban J connectivity index is 1.51. The number of imidazole rings is 1. The Bertz CT molecular complexity index is 1010. The Labute approximate surface area is 158 Å². The van der Waals surface area contributed by atoms with E-state index in [1.165, 1.54) is 27.9 Å². The van der Waals surface area contributed by atoms with Crippen molar-refractivity contribution in [2.75, 3.05) is 6.54 Å². The Kier molecular flexibility index (Phi) is 4.87. The highest BCUT2D eigenvalue weighted by Gasteiger charge is 2.14. The molecule has 0 aliphatic carbocycles. The number of thiazole rings is 1. The summed E-state index contributed by atoms with van der Waals surface area (Å²) in [6, 6.07) is 17.4. The van der Waals surface area contributed by atoms with Gasteiger partial charge in [0.05, 0.1) is 11.4 Å². The molecule has 2 heterocycles. The van der Waals surface area contributed by atoms with E-state index in [1.54, 1.807) is 11.3 Å². The van der Waals surface area contributed by atoms with Crippen molar-refractivity contribution in [3.63, 3.8) is 0 Å². The number of aryl methyl sites for hydroxylation is 2. The van der Waals surface area contributed by atoms with Gasteiger partial charge >= 0.3 is 0 Å². The summed E-state index contributed by atoms with van der Waals surface area (Å²) in [5, 5.41) is 5.70. The summed E-state index contributed by atoms with van der Waals surface area (Å²) in [6.07, 6.45) is 3.15. The van der Waals surface area contributed by atoms with Gasteiger partial charge in [-0.05, 0) is 32.4 Å². The molecule has 2 aromatic carbocycles. The molecule has 4 aromatic rings. The van der Waals surface area contributed by atoms with E-state index in [1.807, 2.05) is 0 Å². The molecule has 0 atom stereocenters. The van der Waals surface area contributed by atoms with Crippen molar-refractivity contribution in [1.82, 2.24) is 14.7 Å². The molecular formula is C22H23N3S. The minimum Gasteiger partial charge on any atom is -0.311 e. The van der Waals surface area contributed by atoms with Crippen LogP contribution in [0.3, 0.4) is 0 Å². The van der Waals surface area contributed by atoms with Gasteiger partial charge < -0.3 is 5.32 Å². The number of benzene rings is 2. The summed E-state index contributed by atoms with van der Waals surface area (Å²) >= 11 is 1.68. The van der Waals surface area contributed by atoms with E-state index in [0.29, 0.717) is 0 Å². The third-order valence-corrected chi connectivity index (χ3v) is 5.41. The number of nitrogens with zero attached hydrogens (tertiary/aromatic N) is 2. The van der Waals surface area contributed by atoms with Crippen LogP contribution >= 0.6 is 11.3 Å². The molecule has 0 saturated heterocycles. The topological polar surface area (TPSA) is 29.3 Å². The molecule has 2 aromatic heterocycles. The monoisotopic (exact) mass is 361 g/mol. The lowest BCUT2D eigenvalue weighted by Crippen LogP contribution is -2.18. The number of nitrogens with one attached hydrogen (secondary N) is 1. The lowest BCUT2D eigenvalue weighted by atomic mass is 10.1. The molecule has 0 spiro atoms. The fourth-order valence-corrected chi connectivity index (χ4v) is 3.98. The largest absolute Gasteiger partial charge is 0.311 e. The summed E-state index contributed by atoms with van der Waals surface area (Å²) in [5.41, 5.74) is 7.47. The molecule has 0 amide bonds. The van der Waals surface area contributed by atoms with Crippen LogP contribution in [0.1, 0.15) is 22.4 Å². The summed E-state index contributed by atoms with van der Waals surface area (Å²) in [7, 11) is 0. The molecule has 132 valence electrons. The Morgan fingerprint density at radius 2 is 1.88 bits per heavy atom. The first-order valence-corrected chi connectivity index (χ1v) is 9.86. The van der Waals surface area contributed by atoms with Crippen LogP contribution in [0.2, 0.25) is 0 Å². The third-order valence-electron chi connectivity index (χ3n) is 4.65. The van der Waals surface area contributed by atoms with Crippen molar-refractivity contribution in [2.45, 2.75) is 26.8 Å². The van der Waals surface area contributed by atoms with Crippen LogP contribution in [0.15, 0.2) is 60.1 Å². The highest BCUT2D eigenvalue weighted by Crippen LogP contribution is 2.27. The van der Waals surface area contributed by atoms with E-state index in [4.69, 9.17) is 4.98 Å². The fourth-order valence-electron chi connectivity index (χ4n) is 3.25. The summed E-state index contributed by atoms with van der Waals surface area (Å²) < 4.78 is 2.21. The average molecular weight is 362 g/mol. The third kappa shape index (κ3) is 3.57. The van der Waals surface area contributed by atoms with E-state index in [0.717, 1.165) is 30.2 Å².